The monoisotopic (exact) mass is 486 g/mol. The summed E-state index contributed by atoms with van der Waals surface area (Å²) in [5.74, 6) is -0.826. The van der Waals surface area contributed by atoms with Gasteiger partial charge in [-0.3, -0.25) is 14.4 Å². The predicted molar refractivity (Wildman–Crippen MR) is 123 cm³/mol. The molecule has 0 unspecified atom stereocenters. The van der Waals surface area contributed by atoms with Crippen molar-refractivity contribution in [2.24, 2.45) is 5.73 Å². The third-order valence-electron chi connectivity index (χ3n) is 5.16. The van der Waals surface area contributed by atoms with E-state index in [-0.39, 0.29) is 35.5 Å². The van der Waals surface area contributed by atoms with Crippen molar-refractivity contribution >= 4 is 38.4 Å². The number of morpholine rings is 1. The minimum Gasteiger partial charge on any atom is -0.484 e. The van der Waals surface area contributed by atoms with Gasteiger partial charge in [0.15, 0.2) is 6.61 Å². The summed E-state index contributed by atoms with van der Waals surface area (Å²) >= 11 is 0. The van der Waals surface area contributed by atoms with E-state index in [1.54, 1.807) is 24.3 Å². The summed E-state index contributed by atoms with van der Waals surface area (Å²) < 4.78 is 37.8. The molecule has 34 heavy (non-hydrogen) atoms. The maximum atomic E-state index is 13.1. The van der Waals surface area contributed by atoms with Crippen molar-refractivity contribution in [2.75, 3.05) is 38.2 Å². The van der Waals surface area contributed by atoms with Crippen molar-refractivity contribution in [1.82, 2.24) is 9.29 Å². The Bertz CT molecular complexity index is 1400. The third-order valence-corrected chi connectivity index (χ3v) is 7.05. The quantitative estimate of drug-likeness (QED) is 0.442. The van der Waals surface area contributed by atoms with Gasteiger partial charge in [-0.2, -0.15) is 4.31 Å². The van der Waals surface area contributed by atoms with Gasteiger partial charge < -0.3 is 25.5 Å². The first kappa shape index (κ1) is 23.4. The molecule has 0 bridgehead atoms. The van der Waals surface area contributed by atoms with Crippen molar-refractivity contribution in [3.05, 3.63) is 64.4 Å². The highest BCUT2D eigenvalue weighted by Crippen LogP contribution is 2.24. The number of nitrogens with one attached hydrogen (secondary N) is 2. The number of pyridine rings is 1. The highest BCUT2D eigenvalue weighted by atomic mass is 32.2. The second-order valence-corrected chi connectivity index (χ2v) is 9.44. The zero-order valence-electron chi connectivity index (χ0n) is 17.9. The number of aromatic nitrogens is 1. The van der Waals surface area contributed by atoms with Gasteiger partial charge in [0.2, 0.25) is 15.6 Å². The lowest BCUT2D eigenvalue weighted by Crippen LogP contribution is -2.40. The van der Waals surface area contributed by atoms with Crippen molar-refractivity contribution < 1.29 is 27.5 Å². The molecule has 0 atom stereocenters. The average molecular weight is 487 g/mol. The summed E-state index contributed by atoms with van der Waals surface area (Å²) in [5, 5.41) is 2.96. The van der Waals surface area contributed by atoms with Crippen LogP contribution in [0.4, 0.5) is 5.69 Å². The largest absolute Gasteiger partial charge is 0.484 e. The number of rotatable bonds is 7. The van der Waals surface area contributed by atoms with E-state index in [2.05, 4.69) is 10.3 Å². The van der Waals surface area contributed by atoms with Crippen LogP contribution in [-0.2, 0) is 19.6 Å². The van der Waals surface area contributed by atoms with Crippen LogP contribution < -0.4 is 21.3 Å². The minimum absolute atomic E-state index is 0.0129. The second kappa shape index (κ2) is 9.63. The Morgan fingerprint density at radius 2 is 1.79 bits per heavy atom. The molecule has 2 aromatic carbocycles. The first-order chi connectivity index (χ1) is 16.2. The summed E-state index contributed by atoms with van der Waals surface area (Å²) in [6.45, 7) is 0.803. The first-order valence-electron chi connectivity index (χ1n) is 10.3. The lowest BCUT2D eigenvalue weighted by Gasteiger charge is -2.26. The van der Waals surface area contributed by atoms with Crippen LogP contribution in [0.3, 0.4) is 0 Å². The Morgan fingerprint density at radius 1 is 1.09 bits per heavy atom. The van der Waals surface area contributed by atoms with Crippen molar-refractivity contribution in [1.29, 1.82) is 0 Å². The van der Waals surface area contributed by atoms with E-state index in [1.807, 2.05) is 0 Å². The van der Waals surface area contributed by atoms with Gasteiger partial charge in [0.25, 0.3) is 11.8 Å². The van der Waals surface area contributed by atoms with Gasteiger partial charge in [0, 0.05) is 35.7 Å². The number of ether oxygens (including phenoxy) is 2. The average Bonchev–Trinajstić information content (AvgIpc) is 2.83. The molecule has 1 aromatic heterocycles. The van der Waals surface area contributed by atoms with Crippen LogP contribution in [0.1, 0.15) is 10.4 Å². The van der Waals surface area contributed by atoms with Gasteiger partial charge >= 0.3 is 0 Å². The summed E-state index contributed by atoms with van der Waals surface area (Å²) in [5.41, 5.74) is 5.29. The zero-order valence-corrected chi connectivity index (χ0v) is 18.8. The summed E-state index contributed by atoms with van der Waals surface area (Å²) in [7, 11) is -3.80. The van der Waals surface area contributed by atoms with Crippen LogP contribution >= 0.6 is 0 Å². The van der Waals surface area contributed by atoms with Gasteiger partial charge in [-0.15, -0.1) is 0 Å². The molecule has 11 nitrogen and oxygen atoms in total. The van der Waals surface area contributed by atoms with Crippen LogP contribution in [0.25, 0.3) is 10.9 Å². The predicted octanol–water partition coefficient (Wildman–Crippen LogP) is 0.665. The molecule has 0 spiro atoms. The Hall–Kier alpha value is -3.74. The number of hydrogen-bond acceptors (Lipinski definition) is 7. The van der Waals surface area contributed by atoms with Gasteiger partial charge in [-0.1, -0.05) is 0 Å². The molecule has 12 heteroatoms. The number of nitrogens with zero attached hydrogens (tertiary/aromatic N) is 1. The number of aromatic amines is 1. The topological polar surface area (TPSA) is 161 Å². The van der Waals surface area contributed by atoms with E-state index in [9.17, 15) is 22.8 Å². The molecule has 0 saturated carbocycles. The smallest absolute Gasteiger partial charge is 0.256 e. The normalized spacial score (nSPS) is 14.6. The number of hydrogen-bond donors (Lipinski definition) is 3. The molecular formula is C22H22N4O7S. The molecule has 3 aromatic rings. The summed E-state index contributed by atoms with van der Waals surface area (Å²) in [4.78, 5) is 38.6. The Kier molecular flexibility index (Phi) is 6.63. The first-order valence-corrected chi connectivity index (χ1v) is 11.8. The molecule has 0 radical (unpaired) electrons. The van der Waals surface area contributed by atoms with E-state index in [0.717, 1.165) is 6.07 Å². The van der Waals surface area contributed by atoms with Crippen molar-refractivity contribution in [3.8, 4) is 5.75 Å². The van der Waals surface area contributed by atoms with Crippen LogP contribution in [0.15, 0.2) is 58.2 Å². The molecule has 1 aliphatic heterocycles. The molecule has 1 aliphatic rings. The fraction of sp³-hybridized carbons (Fsp3) is 0.227. The lowest BCUT2D eigenvalue weighted by molar-refractivity contribution is -0.119. The van der Waals surface area contributed by atoms with E-state index < -0.39 is 27.4 Å². The molecule has 1 fully saturated rings. The number of fused-ring (bicyclic) bond motifs is 1. The van der Waals surface area contributed by atoms with Crippen molar-refractivity contribution in [2.45, 2.75) is 4.90 Å². The highest BCUT2D eigenvalue weighted by Gasteiger charge is 2.27. The Morgan fingerprint density at radius 3 is 2.47 bits per heavy atom. The zero-order chi connectivity index (χ0) is 24.3. The van der Waals surface area contributed by atoms with Gasteiger partial charge in [0.05, 0.1) is 23.7 Å². The summed E-state index contributed by atoms with van der Waals surface area (Å²) in [6.07, 6.45) is 0. The second-order valence-electron chi connectivity index (χ2n) is 7.50. The molecule has 178 valence electrons. The number of carbonyl (C=O) groups excluding carboxylic acids is 2. The summed E-state index contributed by atoms with van der Waals surface area (Å²) in [6, 6.07) is 11.6. The Labute approximate surface area is 194 Å². The molecule has 1 saturated heterocycles. The van der Waals surface area contributed by atoms with Gasteiger partial charge in [-0.25, -0.2) is 8.42 Å². The SMILES string of the molecule is NC(=O)COc1ccc(NC(=O)c2cc(=O)[nH]c3ccc(S(=O)(=O)N4CCOCC4)cc23)cc1. The fourth-order valence-electron chi connectivity index (χ4n) is 3.50. The van der Waals surface area contributed by atoms with Gasteiger partial charge in [-0.05, 0) is 42.5 Å². The number of anilines is 1. The van der Waals surface area contributed by atoms with Crippen LogP contribution in [0.5, 0.6) is 5.75 Å². The molecule has 4 rings (SSSR count). The van der Waals surface area contributed by atoms with E-state index >= 15 is 0 Å². The number of nitrogens with two attached hydrogens (primary N) is 1. The lowest BCUT2D eigenvalue weighted by atomic mass is 10.1. The van der Waals surface area contributed by atoms with E-state index in [4.69, 9.17) is 15.2 Å². The molecule has 2 amide bonds. The molecule has 4 N–H and O–H groups in total. The number of benzene rings is 2. The number of amides is 2. The maximum absolute atomic E-state index is 13.1. The molecule has 0 aliphatic carbocycles. The fourth-order valence-corrected chi connectivity index (χ4v) is 4.94. The third kappa shape index (κ3) is 5.09. The van der Waals surface area contributed by atoms with Crippen molar-refractivity contribution in [3.63, 3.8) is 0 Å². The number of primary amides is 1. The maximum Gasteiger partial charge on any atom is 0.256 e. The van der Waals surface area contributed by atoms with Gasteiger partial charge in [0.1, 0.15) is 5.75 Å². The molecular weight excluding hydrogens is 464 g/mol. The van der Waals surface area contributed by atoms with Crippen LogP contribution in [0.2, 0.25) is 0 Å². The highest BCUT2D eigenvalue weighted by molar-refractivity contribution is 7.89. The van der Waals surface area contributed by atoms with Crippen LogP contribution in [0, 0.1) is 0 Å². The van der Waals surface area contributed by atoms with E-state index in [0.29, 0.717) is 30.2 Å². The Balaban J connectivity index is 1.63. The number of carbonyl (C=O) groups is 2. The van der Waals surface area contributed by atoms with E-state index in [1.165, 1.54) is 22.5 Å². The molecule has 2 heterocycles. The standard InChI is InChI=1S/C22H22N4O7S/c23-20(27)13-33-15-3-1-14(2-4-15)24-22(29)18-12-21(28)25-19-6-5-16(11-17(18)19)34(30,31)26-7-9-32-10-8-26/h1-6,11-12H,7-10,13H2,(H2,23,27)(H,24,29)(H,25,28). The number of H-pyrrole nitrogens is 1. The number of sulfonamides is 1. The minimum atomic E-state index is -3.80. The van der Waals surface area contributed by atoms with Crippen LogP contribution in [-0.4, -0.2) is 62.4 Å².